The van der Waals surface area contributed by atoms with Crippen molar-refractivity contribution in [2.45, 2.75) is 31.8 Å². The molecule has 0 spiro atoms. The lowest BCUT2D eigenvalue weighted by atomic mass is 10.0. The molecule has 0 amide bonds. The molecule has 1 atom stereocenters. The van der Waals surface area contributed by atoms with Gasteiger partial charge in [0.15, 0.2) is 0 Å². The van der Waals surface area contributed by atoms with Crippen molar-refractivity contribution in [1.82, 2.24) is 0 Å². The Bertz CT molecular complexity index is 558. The van der Waals surface area contributed by atoms with Gasteiger partial charge in [0, 0.05) is 6.61 Å². The topological polar surface area (TPSA) is 29.5 Å². The van der Waals surface area contributed by atoms with Crippen LogP contribution < -0.4 is 0 Å². The maximum absolute atomic E-state index is 10.2. The van der Waals surface area contributed by atoms with E-state index >= 15 is 0 Å². The monoisotopic (exact) mass is 270 g/mol. The first-order valence-electron chi connectivity index (χ1n) is 7.57. The minimum Gasteiger partial charge on any atom is -0.386 e. The third-order valence-corrected chi connectivity index (χ3v) is 4.26. The van der Waals surface area contributed by atoms with Gasteiger partial charge in [-0.25, -0.2) is 0 Å². The molecule has 0 aliphatic heterocycles. The van der Waals surface area contributed by atoms with Crippen LogP contribution in [-0.4, -0.2) is 18.3 Å². The molecule has 1 saturated carbocycles. The van der Waals surface area contributed by atoms with Gasteiger partial charge in [-0.15, -0.1) is 0 Å². The third-order valence-electron chi connectivity index (χ3n) is 4.26. The zero-order valence-electron chi connectivity index (χ0n) is 11.8. The van der Waals surface area contributed by atoms with Crippen molar-refractivity contribution in [2.24, 2.45) is 5.92 Å². The quantitative estimate of drug-likeness (QED) is 0.887. The molecule has 1 N–H and O–H groups in total. The third kappa shape index (κ3) is 3.20. The van der Waals surface area contributed by atoms with Crippen LogP contribution in [0.25, 0.3) is 10.8 Å². The Balaban J connectivity index is 1.58. The molecule has 2 heteroatoms. The van der Waals surface area contributed by atoms with E-state index in [9.17, 15) is 5.11 Å². The maximum atomic E-state index is 10.2. The SMILES string of the molecule is OC(COCC1CCCC1)c1ccc2ccccc2c1. The lowest BCUT2D eigenvalue weighted by Crippen LogP contribution is -2.12. The smallest absolute Gasteiger partial charge is 0.102 e. The van der Waals surface area contributed by atoms with E-state index in [2.05, 4.69) is 24.3 Å². The largest absolute Gasteiger partial charge is 0.386 e. The Morgan fingerprint density at radius 1 is 1.05 bits per heavy atom. The van der Waals surface area contributed by atoms with Crippen LogP contribution in [0.1, 0.15) is 37.4 Å². The normalized spacial score (nSPS) is 17.6. The highest BCUT2D eigenvalue weighted by Crippen LogP contribution is 2.25. The zero-order valence-corrected chi connectivity index (χ0v) is 11.8. The molecule has 0 heterocycles. The number of ether oxygens (including phenoxy) is 1. The van der Waals surface area contributed by atoms with Gasteiger partial charge in [0.05, 0.1) is 6.61 Å². The summed E-state index contributed by atoms with van der Waals surface area (Å²) >= 11 is 0. The lowest BCUT2D eigenvalue weighted by molar-refractivity contribution is 0.0212. The summed E-state index contributed by atoms with van der Waals surface area (Å²) < 4.78 is 5.70. The number of aliphatic hydroxyl groups excluding tert-OH is 1. The Labute approximate surface area is 120 Å². The number of fused-ring (bicyclic) bond motifs is 1. The number of rotatable bonds is 5. The van der Waals surface area contributed by atoms with E-state index in [4.69, 9.17) is 4.74 Å². The van der Waals surface area contributed by atoms with Crippen LogP contribution in [0.5, 0.6) is 0 Å². The summed E-state index contributed by atoms with van der Waals surface area (Å²) in [7, 11) is 0. The molecule has 0 bridgehead atoms. The average Bonchev–Trinajstić information content (AvgIpc) is 3.00. The van der Waals surface area contributed by atoms with E-state index in [0.717, 1.165) is 12.2 Å². The highest BCUT2D eigenvalue weighted by molar-refractivity contribution is 5.83. The molecule has 1 aliphatic carbocycles. The van der Waals surface area contributed by atoms with Gasteiger partial charge >= 0.3 is 0 Å². The number of hydrogen-bond donors (Lipinski definition) is 1. The van der Waals surface area contributed by atoms with Crippen molar-refractivity contribution < 1.29 is 9.84 Å². The molecule has 2 aromatic rings. The molecule has 1 unspecified atom stereocenters. The Morgan fingerprint density at radius 2 is 1.80 bits per heavy atom. The predicted molar refractivity (Wildman–Crippen MR) is 81.7 cm³/mol. The fraction of sp³-hybridized carbons (Fsp3) is 0.444. The fourth-order valence-electron chi connectivity index (χ4n) is 3.03. The van der Waals surface area contributed by atoms with Crippen molar-refractivity contribution in [3.8, 4) is 0 Å². The van der Waals surface area contributed by atoms with E-state index in [1.165, 1.54) is 36.5 Å². The van der Waals surface area contributed by atoms with Gasteiger partial charge < -0.3 is 9.84 Å². The molecule has 20 heavy (non-hydrogen) atoms. The van der Waals surface area contributed by atoms with Gasteiger partial charge in [-0.1, -0.05) is 49.2 Å². The minimum absolute atomic E-state index is 0.398. The second-order valence-corrected chi connectivity index (χ2v) is 5.81. The van der Waals surface area contributed by atoms with Crippen molar-refractivity contribution >= 4 is 10.8 Å². The van der Waals surface area contributed by atoms with Gasteiger partial charge in [0.1, 0.15) is 6.10 Å². The fourth-order valence-corrected chi connectivity index (χ4v) is 3.03. The average molecular weight is 270 g/mol. The van der Waals surface area contributed by atoms with Crippen LogP contribution >= 0.6 is 0 Å². The van der Waals surface area contributed by atoms with E-state index in [1.807, 2.05) is 18.2 Å². The summed E-state index contributed by atoms with van der Waals surface area (Å²) in [6.45, 7) is 1.19. The van der Waals surface area contributed by atoms with Crippen LogP contribution in [0.4, 0.5) is 0 Å². The lowest BCUT2D eigenvalue weighted by Gasteiger charge is -2.15. The van der Waals surface area contributed by atoms with Gasteiger partial charge in [0.25, 0.3) is 0 Å². The predicted octanol–water partition coefficient (Wildman–Crippen LogP) is 4.08. The zero-order chi connectivity index (χ0) is 13.8. The molecule has 1 aliphatic rings. The summed E-state index contributed by atoms with van der Waals surface area (Å²) in [6.07, 6.45) is 4.71. The van der Waals surface area contributed by atoms with Crippen molar-refractivity contribution in [1.29, 1.82) is 0 Å². The van der Waals surface area contributed by atoms with E-state index in [1.54, 1.807) is 0 Å². The molecule has 0 aromatic heterocycles. The van der Waals surface area contributed by atoms with Gasteiger partial charge in [-0.3, -0.25) is 0 Å². The molecule has 2 nitrogen and oxygen atoms in total. The Morgan fingerprint density at radius 3 is 2.60 bits per heavy atom. The summed E-state index contributed by atoms with van der Waals surface area (Å²) in [6, 6.07) is 14.3. The molecule has 0 radical (unpaired) electrons. The molecule has 3 rings (SSSR count). The molecule has 0 saturated heterocycles. The van der Waals surface area contributed by atoms with Crippen LogP contribution in [0.2, 0.25) is 0 Å². The summed E-state index contributed by atoms with van der Waals surface area (Å²) in [5.74, 6) is 0.707. The number of hydrogen-bond acceptors (Lipinski definition) is 2. The second kappa shape index (κ2) is 6.38. The van der Waals surface area contributed by atoms with Gasteiger partial charge in [-0.2, -0.15) is 0 Å². The first kappa shape index (κ1) is 13.6. The maximum Gasteiger partial charge on any atom is 0.102 e. The standard InChI is InChI=1S/C18H22O2/c19-18(13-20-12-14-5-1-2-6-14)17-10-9-15-7-3-4-8-16(15)11-17/h3-4,7-11,14,18-19H,1-2,5-6,12-13H2. The molecule has 2 aromatic carbocycles. The Hall–Kier alpha value is -1.38. The number of aliphatic hydroxyl groups is 1. The molecular weight excluding hydrogens is 248 g/mol. The first-order chi connectivity index (χ1) is 9.83. The van der Waals surface area contributed by atoms with Gasteiger partial charge in [0.2, 0.25) is 0 Å². The molecule has 1 fully saturated rings. The van der Waals surface area contributed by atoms with Crippen LogP contribution in [0.3, 0.4) is 0 Å². The van der Waals surface area contributed by atoms with Crippen LogP contribution in [0, 0.1) is 5.92 Å². The highest BCUT2D eigenvalue weighted by Gasteiger charge is 2.16. The molecule has 106 valence electrons. The number of benzene rings is 2. The van der Waals surface area contributed by atoms with E-state index < -0.39 is 6.10 Å². The second-order valence-electron chi connectivity index (χ2n) is 5.81. The summed E-state index contributed by atoms with van der Waals surface area (Å²) in [4.78, 5) is 0. The van der Waals surface area contributed by atoms with Crippen molar-refractivity contribution in [2.75, 3.05) is 13.2 Å². The van der Waals surface area contributed by atoms with Crippen LogP contribution in [0.15, 0.2) is 42.5 Å². The van der Waals surface area contributed by atoms with E-state index in [-0.39, 0.29) is 0 Å². The summed E-state index contributed by atoms with van der Waals surface area (Å²) in [5.41, 5.74) is 0.940. The van der Waals surface area contributed by atoms with Crippen LogP contribution in [-0.2, 0) is 4.74 Å². The van der Waals surface area contributed by atoms with Crippen molar-refractivity contribution in [3.05, 3.63) is 48.0 Å². The molecular formula is C18H22O2. The van der Waals surface area contributed by atoms with E-state index in [0.29, 0.717) is 12.5 Å². The Kier molecular flexibility index (Phi) is 4.34. The van der Waals surface area contributed by atoms with Crippen molar-refractivity contribution in [3.63, 3.8) is 0 Å². The minimum atomic E-state index is -0.527. The first-order valence-corrected chi connectivity index (χ1v) is 7.57. The van der Waals surface area contributed by atoms with Gasteiger partial charge in [-0.05, 0) is 41.2 Å². The summed E-state index contributed by atoms with van der Waals surface area (Å²) in [5, 5.41) is 12.6. The highest BCUT2D eigenvalue weighted by atomic mass is 16.5.